The number of aliphatic hydroxyl groups excluding tert-OH is 1. The number of ether oxygens (including phenoxy) is 1. The zero-order chi connectivity index (χ0) is 19.8. The van der Waals surface area contributed by atoms with E-state index in [4.69, 9.17) is 4.74 Å². The van der Waals surface area contributed by atoms with Gasteiger partial charge in [-0.1, -0.05) is 38.5 Å². The molecule has 27 heavy (non-hydrogen) atoms. The number of carbonyl (C=O) groups is 2. The molecule has 1 aliphatic carbocycles. The van der Waals surface area contributed by atoms with Crippen molar-refractivity contribution in [2.45, 2.75) is 58.6 Å². The molecule has 148 valence electrons. The molecule has 2 aliphatic rings. The third-order valence-corrected chi connectivity index (χ3v) is 6.21. The van der Waals surface area contributed by atoms with Gasteiger partial charge in [-0.15, -0.1) is 0 Å². The fourth-order valence-corrected chi connectivity index (χ4v) is 4.59. The summed E-state index contributed by atoms with van der Waals surface area (Å²) < 4.78 is 5.77. The Kier molecular flexibility index (Phi) is 5.47. The van der Waals surface area contributed by atoms with Crippen LogP contribution >= 0.6 is 0 Å². The van der Waals surface area contributed by atoms with E-state index in [1.165, 1.54) is 0 Å². The van der Waals surface area contributed by atoms with Gasteiger partial charge in [-0.25, -0.2) is 4.79 Å². The minimum absolute atomic E-state index is 0.0286. The largest absolute Gasteiger partial charge is 0.490 e. The molecule has 1 heterocycles. The lowest BCUT2D eigenvalue weighted by Gasteiger charge is -2.42. The number of nitrogens with zero attached hydrogens (tertiary/aromatic N) is 1. The summed E-state index contributed by atoms with van der Waals surface area (Å²) in [5.74, 6) is 0.703. The number of carbonyl (C=O) groups excluding carboxylic acids is 2. The lowest BCUT2D eigenvalue weighted by molar-refractivity contribution is -0.137. The quantitative estimate of drug-likeness (QED) is 0.777. The first-order valence-corrected chi connectivity index (χ1v) is 9.78. The summed E-state index contributed by atoms with van der Waals surface area (Å²) in [7, 11) is 0. The van der Waals surface area contributed by atoms with Crippen molar-refractivity contribution in [3.8, 4) is 5.75 Å². The van der Waals surface area contributed by atoms with Crippen LogP contribution in [0.4, 0.5) is 4.79 Å². The van der Waals surface area contributed by atoms with Gasteiger partial charge in [0.25, 0.3) is 5.91 Å². The number of aryl methyl sites for hydroxylation is 2. The van der Waals surface area contributed by atoms with Crippen LogP contribution in [0, 0.1) is 25.7 Å². The maximum Gasteiger partial charge on any atom is 0.325 e. The van der Waals surface area contributed by atoms with E-state index < -0.39 is 17.7 Å². The van der Waals surface area contributed by atoms with Crippen LogP contribution in [0.1, 0.15) is 44.2 Å². The second-order valence-electron chi connectivity index (χ2n) is 8.13. The van der Waals surface area contributed by atoms with Crippen LogP contribution < -0.4 is 10.1 Å². The molecule has 0 aromatic heterocycles. The average molecular weight is 374 g/mol. The van der Waals surface area contributed by atoms with Crippen molar-refractivity contribution in [2.75, 3.05) is 13.2 Å². The number of hydrogen-bond donors (Lipinski definition) is 2. The Morgan fingerprint density at radius 2 is 1.81 bits per heavy atom. The SMILES string of the molecule is Cc1cccc(C)c1OCC(O)CN1C(=O)NC2(C1=O)C(C)CCCC2C. The predicted molar refractivity (Wildman–Crippen MR) is 103 cm³/mol. The summed E-state index contributed by atoms with van der Waals surface area (Å²) in [6, 6.07) is 5.43. The first-order chi connectivity index (χ1) is 12.8. The Bertz CT molecular complexity index is 703. The van der Waals surface area contributed by atoms with Crippen LogP contribution in [0.5, 0.6) is 5.75 Å². The van der Waals surface area contributed by atoms with Gasteiger partial charge in [0.1, 0.15) is 24.0 Å². The van der Waals surface area contributed by atoms with Crippen molar-refractivity contribution < 1.29 is 19.4 Å². The molecule has 6 heteroatoms. The van der Waals surface area contributed by atoms with Crippen molar-refractivity contribution in [2.24, 2.45) is 11.8 Å². The molecule has 3 amide bonds. The van der Waals surface area contributed by atoms with E-state index in [-0.39, 0.29) is 30.9 Å². The lowest BCUT2D eigenvalue weighted by atomic mass is 9.67. The Balaban J connectivity index is 1.67. The highest BCUT2D eigenvalue weighted by molar-refractivity contribution is 6.07. The molecule has 3 rings (SSSR count). The molecule has 6 nitrogen and oxygen atoms in total. The number of amides is 3. The van der Waals surface area contributed by atoms with Crippen LogP contribution in [0.15, 0.2) is 18.2 Å². The van der Waals surface area contributed by atoms with Crippen molar-refractivity contribution in [3.05, 3.63) is 29.3 Å². The van der Waals surface area contributed by atoms with E-state index in [9.17, 15) is 14.7 Å². The van der Waals surface area contributed by atoms with Gasteiger partial charge >= 0.3 is 6.03 Å². The Morgan fingerprint density at radius 1 is 1.22 bits per heavy atom. The molecule has 1 aromatic rings. The molecule has 1 spiro atoms. The number of nitrogens with one attached hydrogen (secondary N) is 1. The molecule has 3 atom stereocenters. The molecule has 1 saturated carbocycles. The van der Waals surface area contributed by atoms with Gasteiger partial charge in [-0.2, -0.15) is 0 Å². The molecule has 2 N–H and O–H groups in total. The van der Waals surface area contributed by atoms with Gasteiger partial charge < -0.3 is 15.2 Å². The van der Waals surface area contributed by atoms with Crippen molar-refractivity contribution in [1.82, 2.24) is 10.2 Å². The molecule has 1 aliphatic heterocycles. The Hall–Kier alpha value is -2.08. The van der Waals surface area contributed by atoms with Gasteiger partial charge in [0.2, 0.25) is 0 Å². The molecule has 2 fully saturated rings. The number of hydrogen-bond acceptors (Lipinski definition) is 4. The van der Waals surface area contributed by atoms with Crippen LogP contribution in [0.25, 0.3) is 0 Å². The zero-order valence-corrected chi connectivity index (χ0v) is 16.6. The molecular weight excluding hydrogens is 344 g/mol. The maximum absolute atomic E-state index is 13.1. The molecule has 3 unspecified atom stereocenters. The summed E-state index contributed by atoms with van der Waals surface area (Å²) in [5.41, 5.74) is 1.14. The van der Waals surface area contributed by atoms with Gasteiger partial charge in [0, 0.05) is 0 Å². The van der Waals surface area contributed by atoms with E-state index in [0.29, 0.717) is 0 Å². The number of aliphatic hydroxyl groups is 1. The second kappa shape index (κ2) is 7.50. The average Bonchev–Trinajstić information content (AvgIpc) is 2.85. The Morgan fingerprint density at radius 3 is 2.41 bits per heavy atom. The van der Waals surface area contributed by atoms with Crippen LogP contribution in [-0.2, 0) is 4.79 Å². The topological polar surface area (TPSA) is 78.9 Å². The number of benzene rings is 1. The zero-order valence-electron chi connectivity index (χ0n) is 16.6. The fraction of sp³-hybridized carbons (Fsp3) is 0.619. The summed E-state index contributed by atoms with van der Waals surface area (Å²) in [6.07, 6.45) is 1.97. The lowest BCUT2D eigenvalue weighted by Crippen LogP contribution is -2.59. The fourth-order valence-electron chi connectivity index (χ4n) is 4.59. The third-order valence-electron chi connectivity index (χ3n) is 6.21. The number of β-amino-alcohol motifs (C(OH)–C–C–N with tert-alkyl or cyclic N) is 1. The van der Waals surface area contributed by atoms with Crippen LogP contribution in [0.2, 0.25) is 0 Å². The smallest absolute Gasteiger partial charge is 0.325 e. The maximum atomic E-state index is 13.1. The van der Waals surface area contributed by atoms with E-state index in [2.05, 4.69) is 5.32 Å². The number of rotatable bonds is 5. The highest BCUT2D eigenvalue weighted by Crippen LogP contribution is 2.42. The molecule has 0 radical (unpaired) electrons. The predicted octanol–water partition coefficient (Wildman–Crippen LogP) is 2.79. The summed E-state index contributed by atoms with van der Waals surface area (Å²) in [6.45, 7) is 7.91. The highest BCUT2D eigenvalue weighted by atomic mass is 16.5. The van der Waals surface area contributed by atoms with Crippen molar-refractivity contribution >= 4 is 11.9 Å². The summed E-state index contributed by atoms with van der Waals surface area (Å²) in [5, 5.41) is 13.4. The van der Waals surface area contributed by atoms with Crippen LogP contribution in [-0.4, -0.2) is 46.7 Å². The van der Waals surface area contributed by atoms with Crippen molar-refractivity contribution in [3.63, 3.8) is 0 Å². The van der Waals surface area contributed by atoms with E-state index in [1.807, 2.05) is 45.9 Å². The highest BCUT2D eigenvalue weighted by Gasteiger charge is 2.58. The number of para-hydroxylation sites is 1. The first-order valence-electron chi connectivity index (χ1n) is 9.78. The summed E-state index contributed by atoms with van der Waals surface area (Å²) in [4.78, 5) is 26.8. The minimum atomic E-state index is -0.942. The monoisotopic (exact) mass is 374 g/mol. The second-order valence-corrected chi connectivity index (χ2v) is 8.13. The van der Waals surface area contributed by atoms with Crippen molar-refractivity contribution in [1.29, 1.82) is 0 Å². The van der Waals surface area contributed by atoms with Gasteiger partial charge in [0.15, 0.2) is 0 Å². The van der Waals surface area contributed by atoms with E-state index >= 15 is 0 Å². The number of imide groups is 1. The molecular formula is C21H30N2O4. The van der Waals surface area contributed by atoms with Gasteiger partial charge in [-0.3, -0.25) is 9.69 Å². The Labute approximate surface area is 160 Å². The molecule has 1 saturated heterocycles. The van der Waals surface area contributed by atoms with E-state index in [0.717, 1.165) is 41.0 Å². The summed E-state index contributed by atoms with van der Waals surface area (Å²) >= 11 is 0. The van der Waals surface area contributed by atoms with Gasteiger partial charge in [0.05, 0.1) is 6.54 Å². The standard InChI is InChI=1S/C21H30N2O4/c1-13-7-5-8-14(2)18(13)27-12-17(24)11-23-19(25)21(22-20(23)26)15(3)9-6-10-16(21)4/h5,7-8,15-17,24H,6,9-12H2,1-4H3,(H,22,26). The third kappa shape index (κ3) is 3.43. The minimum Gasteiger partial charge on any atom is -0.490 e. The van der Waals surface area contributed by atoms with E-state index in [1.54, 1.807) is 0 Å². The first kappa shape index (κ1) is 19.7. The van der Waals surface area contributed by atoms with Gasteiger partial charge in [-0.05, 0) is 49.7 Å². The normalized spacial score (nSPS) is 29.1. The number of urea groups is 1. The molecule has 0 bridgehead atoms. The van der Waals surface area contributed by atoms with Crippen LogP contribution in [0.3, 0.4) is 0 Å². The molecule has 1 aromatic carbocycles.